The fourth-order valence-corrected chi connectivity index (χ4v) is 5.53. The molecule has 2 aliphatic rings. The summed E-state index contributed by atoms with van der Waals surface area (Å²) in [4.78, 5) is 7.41. The predicted octanol–water partition coefficient (Wildman–Crippen LogP) is 4.95. The molecule has 164 valence electrons. The van der Waals surface area contributed by atoms with E-state index in [1.54, 1.807) is 0 Å². The van der Waals surface area contributed by atoms with Crippen LogP contribution >= 0.6 is 0 Å². The Kier molecular flexibility index (Phi) is 5.72. The second-order valence-electron chi connectivity index (χ2n) is 8.99. The van der Waals surface area contributed by atoms with Gasteiger partial charge in [0, 0.05) is 32.2 Å². The van der Waals surface area contributed by atoms with E-state index >= 15 is 0 Å². The minimum absolute atomic E-state index is 0.129. The second-order valence-corrected chi connectivity index (χ2v) is 8.99. The molecule has 0 bridgehead atoms. The predicted molar refractivity (Wildman–Crippen MR) is 125 cm³/mol. The Morgan fingerprint density at radius 1 is 1.09 bits per heavy atom. The van der Waals surface area contributed by atoms with Gasteiger partial charge in [0.05, 0.1) is 22.7 Å². The Labute approximate surface area is 189 Å². The van der Waals surface area contributed by atoms with Crippen LogP contribution in [-0.4, -0.2) is 35.7 Å². The van der Waals surface area contributed by atoms with Crippen molar-refractivity contribution in [3.63, 3.8) is 0 Å². The summed E-state index contributed by atoms with van der Waals surface area (Å²) in [6.07, 6.45) is 5.58. The lowest BCUT2D eigenvalue weighted by Gasteiger charge is -2.35. The molecule has 4 heterocycles. The average Bonchev–Trinajstić information content (AvgIpc) is 3.23. The fourth-order valence-electron chi connectivity index (χ4n) is 5.53. The fraction of sp³-hybridized carbons (Fsp3) is 0.500. The van der Waals surface area contributed by atoms with Crippen molar-refractivity contribution < 1.29 is 4.74 Å². The van der Waals surface area contributed by atoms with Crippen LogP contribution in [0.15, 0.2) is 24.3 Å². The summed E-state index contributed by atoms with van der Waals surface area (Å²) in [6, 6.07) is 13.2. The molecule has 0 saturated carbocycles. The Balaban J connectivity index is 1.83. The third-order valence-corrected chi connectivity index (χ3v) is 7.08. The van der Waals surface area contributed by atoms with E-state index in [2.05, 4.69) is 34.4 Å². The molecule has 32 heavy (non-hydrogen) atoms. The Hall–Kier alpha value is -3.09. The van der Waals surface area contributed by atoms with Gasteiger partial charge in [-0.25, -0.2) is 4.98 Å². The molecule has 2 saturated heterocycles. The molecule has 0 radical (unpaired) electrons. The first-order valence-corrected chi connectivity index (χ1v) is 11.8. The number of imidazole rings is 1. The molecule has 2 fully saturated rings. The van der Waals surface area contributed by atoms with E-state index in [4.69, 9.17) is 9.72 Å². The summed E-state index contributed by atoms with van der Waals surface area (Å²) in [5, 5.41) is 19.8. The highest BCUT2D eigenvalue weighted by molar-refractivity contribution is 5.86. The van der Waals surface area contributed by atoms with Crippen molar-refractivity contribution in [1.82, 2.24) is 9.38 Å². The van der Waals surface area contributed by atoms with E-state index in [-0.39, 0.29) is 5.92 Å². The number of hydrogen-bond acceptors (Lipinski definition) is 5. The quantitative estimate of drug-likeness (QED) is 0.589. The van der Waals surface area contributed by atoms with E-state index in [9.17, 15) is 10.5 Å². The van der Waals surface area contributed by atoms with Crippen LogP contribution in [0, 0.1) is 28.6 Å². The molecule has 2 aromatic heterocycles. The first-order valence-electron chi connectivity index (χ1n) is 11.8. The standard InChI is InChI=1S/C26H29N5O/c1-2-5-20-24(19-10-14-32-15-11-19)21(17-28)25-29-22-6-3-4-7-23(22)31(25)26(20)30-12-8-18(16-27)9-13-30/h3-4,6-7,18-19H,2,5,8-15H2,1H3. The number of piperidine rings is 1. The van der Waals surface area contributed by atoms with Crippen molar-refractivity contribution in [3.05, 3.63) is 41.0 Å². The van der Waals surface area contributed by atoms with Gasteiger partial charge in [-0.15, -0.1) is 0 Å². The van der Waals surface area contributed by atoms with Crippen LogP contribution in [0.3, 0.4) is 0 Å². The number of aromatic nitrogens is 2. The van der Waals surface area contributed by atoms with Crippen molar-refractivity contribution in [2.24, 2.45) is 5.92 Å². The summed E-state index contributed by atoms with van der Waals surface area (Å²) in [7, 11) is 0. The molecule has 5 rings (SSSR count). The van der Waals surface area contributed by atoms with Crippen molar-refractivity contribution in [2.75, 3.05) is 31.2 Å². The molecular formula is C26H29N5O. The van der Waals surface area contributed by atoms with Gasteiger partial charge < -0.3 is 9.64 Å². The van der Waals surface area contributed by atoms with Gasteiger partial charge in [0.15, 0.2) is 5.65 Å². The zero-order valence-electron chi connectivity index (χ0n) is 18.7. The number of fused-ring (bicyclic) bond motifs is 3. The van der Waals surface area contributed by atoms with Gasteiger partial charge in [0.2, 0.25) is 0 Å². The van der Waals surface area contributed by atoms with E-state index in [1.807, 2.05) is 18.2 Å². The van der Waals surface area contributed by atoms with Crippen LogP contribution < -0.4 is 4.90 Å². The summed E-state index contributed by atoms with van der Waals surface area (Å²) in [6.45, 7) is 5.41. The van der Waals surface area contributed by atoms with Crippen LogP contribution in [0.5, 0.6) is 0 Å². The molecule has 6 nitrogen and oxygen atoms in total. The summed E-state index contributed by atoms with van der Waals surface area (Å²) in [5.41, 5.74) is 5.95. The van der Waals surface area contributed by atoms with Gasteiger partial charge in [-0.1, -0.05) is 25.5 Å². The topological polar surface area (TPSA) is 77.3 Å². The van der Waals surface area contributed by atoms with Gasteiger partial charge in [0.25, 0.3) is 0 Å². The van der Waals surface area contributed by atoms with Gasteiger partial charge >= 0.3 is 0 Å². The van der Waals surface area contributed by atoms with Crippen LogP contribution in [0.1, 0.15) is 61.6 Å². The Morgan fingerprint density at radius 2 is 1.84 bits per heavy atom. The van der Waals surface area contributed by atoms with Crippen LogP contribution in [-0.2, 0) is 11.2 Å². The third kappa shape index (κ3) is 3.40. The summed E-state index contributed by atoms with van der Waals surface area (Å²) < 4.78 is 7.89. The number of ether oxygens (including phenoxy) is 1. The number of nitrogens with zero attached hydrogens (tertiary/aromatic N) is 5. The largest absolute Gasteiger partial charge is 0.381 e. The molecule has 2 aliphatic heterocycles. The molecule has 0 amide bonds. The number of anilines is 1. The maximum absolute atomic E-state index is 10.3. The van der Waals surface area contributed by atoms with Crippen molar-refractivity contribution >= 4 is 22.5 Å². The van der Waals surface area contributed by atoms with Crippen LogP contribution in [0.25, 0.3) is 16.7 Å². The van der Waals surface area contributed by atoms with E-state index in [0.717, 1.165) is 87.1 Å². The SMILES string of the molecule is CCCc1c(C2CCOCC2)c(C#N)c2nc3ccccc3n2c1N1CCC(C#N)CC1. The van der Waals surface area contributed by atoms with E-state index < -0.39 is 0 Å². The zero-order valence-corrected chi connectivity index (χ0v) is 18.7. The number of pyridine rings is 1. The second kappa shape index (κ2) is 8.81. The van der Waals surface area contributed by atoms with Crippen molar-refractivity contribution in [2.45, 2.75) is 51.4 Å². The smallest absolute Gasteiger partial charge is 0.157 e. The van der Waals surface area contributed by atoms with Gasteiger partial charge in [-0.3, -0.25) is 4.40 Å². The summed E-state index contributed by atoms with van der Waals surface area (Å²) in [5.74, 6) is 1.64. The maximum atomic E-state index is 10.3. The van der Waals surface area contributed by atoms with E-state index in [0.29, 0.717) is 5.92 Å². The first kappa shape index (κ1) is 20.8. The van der Waals surface area contributed by atoms with E-state index in [1.165, 1.54) is 16.9 Å². The third-order valence-electron chi connectivity index (χ3n) is 7.08. The van der Waals surface area contributed by atoms with Crippen LogP contribution in [0.2, 0.25) is 0 Å². The van der Waals surface area contributed by atoms with Crippen molar-refractivity contribution in [3.8, 4) is 12.1 Å². The summed E-state index contributed by atoms with van der Waals surface area (Å²) >= 11 is 0. The lowest BCUT2D eigenvalue weighted by Crippen LogP contribution is -2.36. The molecule has 0 atom stereocenters. The minimum Gasteiger partial charge on any atom is -0.381 e. The highest BCUT2D eigenvalue weighted by Crippen LogP contribution is 2.41. The van der Waals surface area contributed by atoms with Gasteiger partial charge in [-0.05, 0) is 61.3 Å². The monoisotopic (exact) mass is 427 g/mol. The molecule has 3 aromatic rings. The van der Waals surface area contributed by atoms with Gasteiger partial charge in [0.1, 0.15) is 11.9 Å². The molecule has 0 N–H and O–H groups in total. The zero-order chi connectivity index (χ0) is 22.1. The molecule has 6 heteroatoms. The van der Waals surface area contributed by atoms with Crippen molar-refractivity contribution in [1.29, 1.82) is 10.5 Å². The maximum Gasteiger partial charge on any atom is 0.157 e. The average molecular weight is 428 g/mol. The Morgan fingerprint density at radius 3 is 2.53 bits per heavy atom. The Bertz CT molecular complexity index is 1220. The number of hydrogen-bond donors (Lipinski definition) is 0. The number of para-hydroxylation sites is 2. The molecule has 0 unspecified atom stereocenters. The number of rotatable bonds is 4. The minimum atomic E-state index is 0.129. The number of benzene rings is 1. The van der Waals surface area contributed by atoms with Crippen LogP contribution in [0.4, 0.5) is 5.82 Å². The highest BCUT2D eigenvalue weighted by atomic mass is 16.5. The molecular weight excluding hydrogens is 398 g/mol. The number of nitriles is 2. The lowest BCUT2D eigenvalue weighted by molar-refractivity contribution is 0.0851. The van der Waals surface area contributed by atoms with Gasteiger partial charge in [-0.2, -0.15) is 10.5 Å². The molecule has 0 aliphatic carbocycles. The first-order chi connectivity index (χ1) is 15.8. The normalized spacial score (nSPS) is 18.2. The molecule has 1 aromatic carbocycles. The molecule has 0 spiro atoms. The highest BCUT2D eigenvalue weighted by Gasteiger charge is 2.31. The lowest BCUT2D eigenvalue weighted by atomic mass is 9.84.